The van der Waals surface area contributed by atoms with Crippen LogP contribution in [0.15, 0.2) is 12.1 Å². The molecule has 0 amide bonds. The van der Waals surface area contributed by atoms with Gasteiger partial charge in [-0.05, 0) is 37.5 Å². The lowest BCUT2D eigenvalue weighted by Crippen LogP contribution is -2.38. The third kappa shape index (κ3) is 3.69. The minimum Gasteiger partial charge on any atom is -0.490 e. The second-order valence-electron chi connectivity index (χ2n) is 6.71. The van der Waals surface area contributed by atoms with Crippen LogP contribution in [0.3, 0.4) is 0 Å². The number of ether oxygens (including phenoxy) is 3. The molecule has 2 aliphatic heterocycles. The van der Waals surface area contributed by atoms with E-state index in [1.54, 1.807) is 0 Å². The molecular formula is C18H27NO4. The summed E-state index contributed by atoms with van der Waals surface area (Å²) in [7, 11) is 0. The minimum atomic E-state index is -0.522. The number of likely N-dealkylation sites (tertiary alicyclic amines) is 1. The summed E-state index contributed by atoms with van der Waals surface area (Å²) in [5.74, 6) is 0.467. The molecule has 2 saturated heterocycles. The first-order valence-corrected chi connectivity index (χ1v) is 8.37. The molecule has 23 heavy (non-hydrogen) atoms. The van der Waals surface area contributed by atoms with Crippen LogP contribution in [-0.2, 0) is 9.47 Å². The van der Waals surface area contributed by atoms with E-state index in [-0.39, 0.29) is 0 Å². The molecule has 0 aliphatic carbocycles. The SMILES string of the molecule is Cc1ccc(C)c(OCC(O)CN2CCC3(C2)OCCO3)c1C. The summed E-state index contributed by atoms with van der Waals surface area (Å²) in [5.41, 5.74) is 3.45. The van der Waals surface area contributed by atoms with Crippen molar-refractivity contribution in [2.45, 2.75) is 39.1 Å². The summed E-state index contributed by atoms with van der Waals surface area (Å²) in [5, 5.41) is 10.3. The number of hydrogen-bond acceptors (Lipinski definition) is 5. The van der Waals surface area contributed by atoms with E-state index < -0.39 is 11.9 Å². The van der Waals surface area contributed by atoms with Gasteiger partial charge in [0.15, 0.2) is 5.79 Å². The minimum absolute atomic E-state index is 0.302. The van der Waals surface area contributed by atoms with Gasteiger partial charge in [-0.25, -0.2) is 0 Å². The fourth-order valence-corrected chi connectivity index (χ4v) is 3.39. The van der Waals surface area contributed by atoms with E-state index in [4.69, 9.17) is 14.2 Å². The molecule has 1 aromatic carbocycles. The van der Waals surface area contributed by atoms with Gasteiger partial charge in [-0.1, -0.05) is 12.1 Å². The van der Waals surface area contributed by atoms with E-state index in [2.05, 4.69) is 30.9 Å². The van der Waals surface area contributed by atoms with Crippen molar-refractivity contribution in [3.05, 3.63) is 28.8 Å². The molecule has 0 bridgehead atoms. The van der Waals surface area contributed by atoms with Crippen molar-refractivity contribution in [2.24, 2.45) is 0 Å². The van der Waals surface area contributed by atoms with E-state index >= 15 is 0 Å². The Labute approximate surface area is 138 Å². The topological polar surface area (TPSA) is 51.2 Å². The van der Waals surface area contributed by atoms with E-state index in [1.807, 2.05) is 6.92 Å². The Hall–Kier alpha value is -1.14. The van der Waals surface area contributed by atoms with Gasteiger partial charge in [-0.3, -0.25) is 4.90 Å². The fourth-order valence-electron chi connectivity index (χ4n) is 3.39. The van der Waals surface area contributed by atoms with Gasteiger partial charge in [0.25, 0.3) is 0 Å². The first-order valence-electron chi connectivity index (χ1n) is 8.37. The number of benzene rings is 1. The summed E-state index contributed by atoms with van der Waals surface area (Å²) in [4.78, 5) is 2.19. The van der Waals surface area contributed by atoms with Crippen LogP contribution in [0.2, 0.25) is 0 Å². The van der Waals surface area contributed by atoms with Gasteiger partial charge >= 0.3 is 0 Å². The number of rotatable bonds is 5. The molecule has 1 aromatic rings. The standard InChI is InChI=1S/C18H27NO4/c1-13-4-5-14(2)17(15(13)3)21-11-16(20)10-19-7-6-18(12-19)22-8-9-23-18/h4-5,16,20H,6-12H2,1-3H3. The zero-order chi connectivity index (χ0) is 16.4. The Bertz CT molecular complexity index is 554. The molecule has 0 saturated carbocycles. The number of nitrogens with zero attached hydrogens (tertiary/aromatic N) is 1. The van der Waals surface area contributed by atoms with E-state index in [0.717, 1.165) is 36.4 Å². The monoisotopic (exact) mass is 321 g/mol. The summed E-state index contributed by atoms with van der Waals surface area (Å²) in [6.45, 7) is 10.0. The molecule has 0 radical (unpaired) electrons. The van der Waals surface area contributed by atoms with Crippen molar-refractivity contribution < 1.29 is 19.3 Å². The number of hydrogen-bond donors (Lipinski definition) is 1. The van der Waals surface area contributed by atoms with Crippen molar-refractivity contribution >= 4 is 0 Å². The second kappa shape index (κ2) is 6.77. The second-order valence-corrected chi connectivity index (χ2v) is 6.71. The van der Waals surface area contributed by atoms with Gasteiger partial charge in [-0.2, -0.15) is 0 Å². The molecule has 2 heterocycles. The average Bonchev–Trinajstić information content (AvgIpc) is 3.13. The highest BCUT2D eigenvalue weighted by atomic mass is 16.7. The van der Waals surface area contributed by atoms with Gasteiger partial charge in [0, 0.05) is 19.5 Å². The maximum Gasteiger partial charge on any atom is 0.182 e. The fraction of sp³-hybridized carbons (Fsp3) is 0.667. The molecule has 2 fully saturated rings. The molecule has 5 nitrogen and oxygen atoms in total. The number of β-amino-alcohol motifs (C(OH)–C–C–N with tert-alkyl or cyclic N) is 1. The smallest absolute Gasteiger partial charge is 0.182 e. The highest BCUT2D eigenvalue weighted by molar-refractivity contribution is 5.44. The van der Waals surface area contributed by atoms with E-state index in [0.29, 0.717) is 26.4 Å². The van der Waals surface area contributed by atoms with Gasteiger partial charge in [0.05, 0.1) is 19.8 Å². The third-order valence-corrected chi connectivity index (χ3v) is 4.85. The van der Waals surface area contributed by atoms with Gasteiger partial charge < -0.3 is 19.3 Å². The Morgan fingerprint density at radius 1 is 1.22 bits per heavy atom. The summed E-state index contributed by atoms with van der Waals surface area (Å²) in [6, 6.07) is 4.16. The lowest BCUT2D eigenvalue weighted by atomic mass is 10.1. The summed E-state index contributed by atoms with van der Waals surface area (Å²) in [6.07, 6.45) is 0.349. The predicted octanol–water partition coefficient (Wildman–Crippen LogP) is 1.80. The normalized spacial score (nSPS) is 21.9. The molecule has 5 heteroatoms. The third-order valence-electron chi connectivity index (χ3n) is 4.85. The van der Waals surface area contributed by atoms with Gasteiger partial charge in [-0.15, -0.1) is 0 Å². The number of aliphatic hydroxyl groups is 1. The van der Waals surface area contributed by atoms with Crippen LogP contribution < -0.4 is 4.74 Å². The van der Waals surface area contributed by atoms with Crippen molar-refractivity contribution in [3.8, 4) is 5.75 Å². The Morgan fingerprint density at radius 3 is 2.65 bits per heavy atom. The summed E-state index contributed by atoms with van der Waals surface area (Å²) >= 11 is 0. The highest BCUT2D eigenvalue weighted by Gasteiger charge is 2.43. The van der Waals surface area contributed by atoms with Crippen LogP contribution >= 0.6 is 0 Å². The Kier molecular flexibility index (Phi) is 4.92. The van der Waals surface area contributed by atoms with Crippen LogP contribution in [-0.4, -0.2) is 61.4 Å². The van der Waals surface area contributed by atoms with Crippen molar-refractivity contribution in [2.75, 3.05) is 39.5 Å². The predicted molar refractivity (Wildman–Crippen MR) is 87.8 cm³/mol. The largest absolute Gasteiger partial charge is 0.490 e. The first-order chi connectivity index (χ1) is 11.0. The molecule has 1 N–H and O–H groups in total. The maximum absolute atomic E-state index is 10.3. The van der Waals surface area contributed by atoms with Crippen molar-refractivity contribution in [3.63, 3.8) is 0 Å². The molecule has 1 unspecified atom stereocenters. The molecule has 1 spiro atoms. The van der Waals surface area contributed by atoms with E-state index in [9.17, 15) is 5.11 Å². The molecule has 1 atom stereocenters. The van der Waals surface area contributed by atoms with Crippen LogP contribution in [0, 0.1) is 20.8 Å². The zero-order valence-corrected chi connectivity index (χ0v) is 14.3. The van der Waals surface area contributed by atoms with Crippen molar-refractivity contribution in [1.82, 2.24) is 4.90 Å². The van der Waals surface area contributed by atoms with Gasteiger partial charge in [0.1, 0.15) is 18.5 Å². The van der Waals surface area contributed by atoms with Crippen molar-refractivity contribution in [1.29, 1.82) is 0 Å². The molecule has 0 aromatic heterocycles. The number of aryl methyl sites for hydroxylation is 2. The molecular weight excluding hydrogens is 294 g/mol. The van der Waals surface area contributed by atoms with Crippen LogP contribution in [0.4, 0.5) is 0 Å². The summed E-state index contributed by atoms with van der Waals surface area (Å²) < 4.78 is 17.3. The van der Waals surface area contributed by atoms with E-state index in [1.165, 1.54) is 5.56 Å². The molecule has 2 aliphatic rings. The Balaban J connectivity index is 1.51. The zero-order valence-electron chi connectivity index (χ0n) is 14.3. The molecule has 128 valence electrons. The first kappa shape index (κ1) is 16.7. The maximum atomic E-state index is 10.3. The lowest BCUT2D eigenvalue weighted by molar-refractivity contribution is -0.146. The quantitative estimate of drug-likeness (QED) is 0.896. The van der Waals surface area contributed by atoms with Crippen LogP contribution in [0.25, 0.3) is 0 Å². The molecule has 3 rings (SSSR count). The van der Waals surface area contributed by atoms with Crippen LogP contribution in [0.1, 0.15) is 23.1 Å². The average molecular weight is 321 g/mol. The number of aliphatic hydroxyl groups excluding tert-OH is 1. The lowest BCUT2D eigenvalue weighted by Gasteiger charge is -2.24. The Morgan fingerprint density at radius 2 is 1.91 bits per heavy atom. The van der Waals surface area contributed by atoms with Crippen LogP contribution in [0.5, 0.6) is 5.75 Å². The highest BCUT2D eigenvalue weighted by Crippen LogP contribution is 2.30. The van der Waals surface area contributed by atoms with Gasteiger partial charge in [0.2, 0.25) is 0 Å².